The van der Waals surface area contributed by atoms with Crippen LogP contribution in [0.5, 0.6) is 0 Å². The maximum absolute atomic E-state index is 10.4. The maximum Gasteiger partial charge on any atom is 0.0695 e. The van der Waals surface area contributed by atoms with Crippen LogP contribution >= 0.6 is 0 Å². The Bertz CT molecular complexity index is 213. The Morgan fingerprint density at radius 3 is 2.22 bits per heavy atom. The summed E-state index contributed by atoms with van der Waals surface area (Å²) in [5.74, 6) is 0.682. The van der Waals surface area contributed by atoms with Crippen molar-refractivity contribution in [1.29, 1.82) is 0 Å². The van der Waals surface area contributed by atoms with Gasteiger partial charge in [0.1, 0.15) is 0 Å². The molecule has 0 aromatic carbocycles. The highest BCUT2D eigenvalue weighted by Crippen LogP contribution is 2.26. The first-order valence-electron chi connectivity index (χ1n) is 8.03. The van der Waals surface area contributed by atoms with Gasteiger partial charge in [0.2, 0.25) is 0 Å². The van der Waals surface area contributed by atoms with Gasteiger partial charge in [-0.15, -0.1) is 0 Å². The molecule has 1 aliphatic rings. The predicted octanol–water partition coefficient (Wildman–Crippen LogP) is 3.83. The Morgan fingerprint density at radius 2 is 1.67 bits per heavy atom. The van der Waals surface area contributed by atoms with Gasteiger partial charge in [-0.1, -0.05) is 47.0 Å². The van der Waals surface area contributed by atoms with Gasteiger partial charge in [0.25, 0.3) is 0 Å². The van der Waals surface area contributed by atoms with Gasteiger partial charge in [-0.3, -0.25) is 4.90 Å². The van der Waals surface area contributed by atoms with Crippen LogP contribution in [0.4, 0.5) is 0 Å². The Hall–Kier alpha value is -0.0800. The van der Waals surface area contributed by atoms with Crippen LogP contribution in [0.15, 0.2) is 0 Å². The fraction of sp³-hybridized carbons (Fsp3) is 1.00. The number of hydrogen-bond donors (Lipinski definition) is 1. The van der Waals surface area contributed by atoms with E-state index in [1.807, 2.05) is 0 Å². The van der Waals surface area contributed by atoms with Gasteiger partial charge in [0, 0.05) is 18.6 Å². The molecule has 0 bridgehead atoms. The standard InChI is InChI=1S/C16H33NO/c1-5-14(6-2)17(12-13(3)4)15-10-8-7-9-11-16(15)18/h13-16,18H,5-12H2,1-4H3. The number of hydrogen-bond acceptors (Lipinski definition) is 2. The van der Waals surface area contributed by atoms with Crippen LogP contribution in [0, 0.1) is 5.92 Å². The van der Waals surface area contributed by atoms with Gasteiger partial charge in [-0.05, 0) is 31.6 Å². The number of rotatable bonds is 6. The summed E-state index contributed by atoms with van der Waals surface area (Å²) in [7, 11) is 0. The molecule has 1 rings (SSSR count). The molecule has 1 fully saturated rings. The van der Waals surface area contributed by atoms with Crippen LogP contribution in [0.1, 0.15) is 72.6 Å². The lowest BCUT2D eigenvalue weighted by molar-refractivity contribution is 0.0103. The van der Waals surface area contributed by atoms with Crippen molar-refractivity contribution < 1.29 is 5.11 Å². The number of nitrogens with zero attached hydrogens (tertiary/aromatic N) is 1. The van der Waals surface area contributed by atoms with E-state index in [-0.39, 0.29) is 6.10 Å². The van der Waals surface area contributed by atoms with E-state index in [1.165, 1.54) is 38.5 Å². The van der Waals surface area contributed by atoms with Crippen LogP contribution in [0.2, 0.25) is 0 Å². The smallest absolute Gasteiger partial charge is 0.0695 e. The largest absolute Gasteiger partial charge is 0.391 e. The SMILES string of the molecule is CCC(CC)N(CC(C)C)C1CCCCCC1O. The molecule has 2 nitrogen and oxygen atoms in total. The average molecular weight is 255 g/mol. The van der Waals surface area contributed by atoms with Crippen LogP contribution in [-0.4, -0.2) is 34.7 Å². The Kier molecular flexibility index (Phi) is 7.25. The molecule has 1 aliphatic carbocycles. The molecule has 1 N–H and O–H groups in total. The second-order valence-electron chi connectivity index (χ2n) is 6.33. The summed E-state index contributed by atoms with van der Waals surface area (Å²) in [6.07, 6.45) is 8.27. The van der Waals surface area contributed by atoms with Gasteiger partial charge in [-0.2, -0.15) is 0 Å². The average Bonchev–Trinajstić information content (AvgIpc) is 2.53. The summed E-state index contributed by atoms with van der Waals surface area (Å²) in [4.78, 5) is 2.63. The van der Waals surface area contributed by atoms with E-state index in [9.17, 15) is 5.11 Å². The van der Waals surface area contributed by atoms with Gasteiger partial charge in [-0.25, -0.2) is 0 Å². The van der Waals surface area contributed by atoms with E-state index in [4.69, 9.17) is 0 Å². The summed E-state index contributed by atoms with van der Waals surface area (Å²) in [5.41, 5.74) is 0. The first-order valence-corrected chi connectivity index (χ1v) is 8.03. The molecular weight excluding hydrogens is 222 g/mol. The highest BCUT2D eigenvalue weighted by Gasteiger charge is 2.31. The van der Waals surface area contributed by atoms with Crippen LogP contribution in [0.25, 0.3) is 0 Å². The highest BCUT2D eigenvalue weighted by atomic mass is 16.3. The fourth-order valence-electron chi connectivity index (χ4n) is 3.39. The van der Waals surface area contributed by atoms with Crippen LogP contribution in [-0.2, 0) is 0 Å². The molecule has 2 atom stereocenters. The van der Waals surface area contributed by atoms with Crippen LogP contribution in [0.3, 0.4) is 0 Å². The molecule has 0 aliphatic heterocycles. The van der Waals surface area contributed by atoms with Crippen molar-refractivity contribution >= 4 is 0 Å². The molecule has 0 radical (unpaired) electrons. The lowest BCUT2D eigenvalue weighted by Crippen LogP contribution is -2.49. The Morgan fingerprint density at radius 1 is 1.06 bits per heavy atom. The van der Waals surface area contributed by atoms with E-state index in [1.54, 1.807) is 0 Å². The third-order valence-electron chi connectivity index (χ3n) is 4.36. The first-order chi connectivity index (χ1) is 8.60. The van der Waals surface area contributed by atoms with Gasteiger partial charge < -0.3 is 5.11 Å². The minimum Gasteiger partial charge on any atom is -0.391 e. The molecule has 0 saturated heterocycles. The van der Waals surface area contributed by atoms with E-state index in [0.717, 1.165) is 13.0 Å². The van der Waals surface area contributed by atoms with Gasteiger partial charge in [0.05, 0.1) is 6.10 Å². The molecule has 2 heteroatoms. The Balaban J connectivity index is 2.77. The monoisotopic (exact) mass is 255 g/mol. The third-order valence-corrected chi connectivity index (χ3v) is 4.36. The van der Waals surface area contributed by atoms with E-state index >= 15 is 0 Å². The fourth-order valence-corrected chi connectivity index (χ4v) is 3.39. The Labute approximate surface area is 114 Å². The van der Waals surface area contributed by atoms with Crippen molar-refractivity contribution in [3.8, 4) is 0 Å². The zero-order chi connectivity index (χ0) is 13.5. The number of aliphatic hydroxyl groups excluding tert-OH is 1. The molecule has 0 aromatic rings. The lowest BCUT2D eigenvalue weighted by atomic mass is 9.98. The summed E-state index contributed by atoms with van der Waals surface area (Å²) >= 11 is 0. The normalized spacial score (nSPS) is 26.0. The molecule has 1 saturated carbocycles. The second kappa shape index (κ2) is 8.16. The van der Waals surface area contributed by atoms with Crippen molar-refractivity contribution in [2.24, 2.45) is 5.92 Å². The van der Waals surface area contributed by atoms with E-state index in [2.05, 4.69) is 32.6 Å². The molecular formula is C16H33NO. The highest BCUT2D eigenvalue weighted by molar-refractivity contribution is 4.85. The molecule has 2 unspecified atom stereocenters. The molecule has 108 valence electrons. The second-order valence-corrected chi connectivity index (χ2v) is 6.33. The number of aliphatic hydroxyl groups is 1. The van der Waals surface area contributed by atoms with E-state index < -0.39 is 0 Å². The zero-order valence-corrected chi connectivity index (χ0v) is 12.9. The van der Waals surface area contributed by atoms with E-state index in [0.29, 0.717) is 18.0 Å². The topological polar surface area (TPSA) is 23.5 Å². The molecule has 0 spiro atoms. The van der Waals surface area contributed by atoms with Crippen molar-refractivity contribution in [3.63, 3.8) is 0 Å². The molecule has 0 heterocycles. The summed E-state index contributed by atoms with van der Waals surface area (Å²) in [6.45, 7) is 10.3. The molecule has 0 aromatic heterocycles. The van der Waals surface area contributed by atoms with Crippen molar-refractivity contribution in [2.75, 3.05) is 6.54 Å². The molecule has 18 heavy (non-hydrogen) atoms. The van der Waals surface area contributed by atoms with Crippen molar-refractivity contribution in [3.05, 3.63) is 0 Å². The van der Waals surface area contributed by atoms with Gasteiger partial charge in [0.15, 0.2) is 0 Å². The summed E-state index contributed by atoms with van der Waals surface area (Å²) < 4.78 is 0. The lowest BCUT2D eigenvalue weighted by Gasteiger charge is -2.40. The minimum absolute atomic E-state index is 0.105. The third kappa shape index (κ3) is 4.55. The summed E-state index contributed by atoms with van der Waals surface area (Å²) in [5, 5.41) is 10.4. The summed E-state index contributed by atoms with van der Waals surface area (Å²) in [6, 6.07) is 1.05. The van der Waals surface area contributed by atoms with Crippen molar-refractivity contribution in [2.45, 2.75) is 90.8 Å². The minimum atomic E-state index is -0.105. The quantitative estimate of drug-likeness (QED) is 0.729. The van der Waals surface area contributed by atoms with Gasteiger partial charge >= 0.3 is 0 Å². The predicted molar refractivity (Wildman–Crippen MR) is 78.8 cm³/mol. The van der Waals surface area contributed by atoms with Crippen molar-refractivity contribution in [1.82, 2.24) is 4.90 Å². The first kappa shape index (κ1) is 16.0. The maximum atomic E-state index is 10.4. The molecule has 0 amide bonds. The van der Waals surface area contributed by atoms with Crippen LogP contribution < -0.4 is 0 Å². The zero-order valence-electron chi connectivity index (χ0n) is 12.9.